The minimum absolute atomic E-state index is 0.275. The topological polar surface area (TPSA) is 115 Å². The van der Waals surface area contributed by atoms with Gasteiger partial charge in [0.2, 0.25) is 5.91 Å². The molecule has 1 aliphatic heterocycles. The molecule has 7 heteroatoms. The van der Waals surface area contributed by atoms with E-state index in [0.717, 1.165) is 0 Å². The molecule has 0 radical (unpaired) electrons. The summed E-state index contributed by atoms with van der Waals surface area (Å²) in [4.78, 5) is 25.5. The van der Waals surface area contributed by atoms with Crippen molar-refractivity contribution in [2.24, 2.45) is 5.73 Å². The van der Waals surface area contributed by atoms with Crippen LogP contribution in [-0.2, 0) is 0 Å². The number of hydrogen-bond donors (Lipinski definition) is 3. The summed E-state index contributed by atoms with van der Waals surface area (Å²) in [5.41, 5.74) is 3.38. The highest BCUT2D eigenvalue weighted by atomic mass is 16.5. The SMILES string of the molecule is CC1(C)Oc2ccc(C(N)=O)cc2C(Oc2cc[nH]c(=O)c2)C1(C)O. The summed E-state index contributed by atoms with van der Waals surface area (Å²) in [5.74, 6) is 0.181. The lowest BCUT2D eigenvalue weighted by atomic mass is 9.76. The molecule has 0 bridgehead atoms. The van der Waals surface area contributed by atoms with Crippen molar-refractivity contribution in [3.63, 3.8) is 0 Å². The first-order chi connectivity index (χ1) is 11.6. The molecule has 0 fully saturated rings. The van der Waals surface area contributed by atoms with E-state index in [2.05, 4.69) is 4.98 Å². The number of pyridine rings is 1. The van der Waals surface area contributed by atoms with Gasteiger partial charge in [0, 0.05) is 23.4 Å². The molecule has 7 nitrogen and oxygen atoms in total. The third-order valence-corrected chi connectivity index (χ3v) is 4.67. The van der Waals surface area contributed by atoms with Crippen molar-refractivity contribution >= 4 is 5.91 Å². The minimum atomic E-state index is -1.45. The number of fused-ring (bicyclic) bond motifs is 1. The number of aromatic amines is 1. The first-order valence-corrected chi connectivity index (χ1v) is 7.82. The molecule has 0 spiro atoms. The standard InChI is InChI=1S/C18H20N2O5/c1-17(2)18(3,23)15(24-11-6-7-20-14(21)9-11)12-8-10(16(19)22)4-5-13(12)25-17/h4-9,15,23H,1-3H3,(H2,19,22)(H,20,21). The smallest absolute Gasteiger partial charge is 0.251 e. The molecule has 2 aromatic rings. The van der Waals surface area contributed by atoms with Crippen LogP contribution >= 0.6 is 0 Å². The third-order valence-electron chi connectivity index (χ3n) is 4.67. The second-order valence-electron chi connectivity index (χ2n) is 6.76. The summed E-state index contributed by atoms with van der Waals surface area (Å²) in [5, 5.41) is 11.1. The van der Waals surface area contributed by atoms with Crippen LogP contribution in [0, 0.1) is 0 Å². The molecule has 2 atom stereocenters. The quantitative estimate of drug-likeness (QED) is 0.781. The highest BCUT2D eigenvalue weighted by Crippen LogP contribution is 2.48. The maximum absolute atomic E-state index is 11.5. The molecule has 132 valence electrons. The Kier molecular flexibility index (Phi) is 3.84. The van der Waals surface area contributed by atoms with Crippen molar-refractivity contribution in [3.8, 4) is 11.5 Å². The first-order valence-electron chi connectivity index (χ1n) is 7.82. The number of hydrogen-bond acceptors (Lipinski definition) is 5. The fraction of sp³-hybridized carbons (Fsp3) is 0.333. The third kappa shape index (κ3) is 2.87. The molecule has 3 rings (SSSR count). The Morgan fingerprint density at radius 1 is 1.28 bits per heavy atom. The number of ether oxygens (including phenoxy) is 2. The number of nitrogens with two attached hydrogens (primary N) is 1. The molecule has 25 heavy (non-hydrogen) atoms. The zero-order valence-corrected chi connectivity index (χ0v) is 14.2. The average molecular weight is 344 g/mol. The Hall–Kier alpha value is -2.80. The number of carbonyl (C=O) groups is 1. The van der Waals surface area contributed by atoms with E-state index < -0.39 is 23.2 Å². The summed E-state index contributed by atoms with van der Waals surface area (Å²) in [6, 6.07) is 7.59. The second-order valence-corrected chi connectivity index (χ2v) is 6.76. The van der Waals surface area contributed by atoms with Gasteiger partial charge in [-0.25, -0.2) is 0 Å². The Balaban J connectivity index is 2.14. The fourth-order valence-electron chi connectivity index (χ4n) is 2.81. The van der Waals surface area contributed by atoms with Gasteiger partial charge in [0.05, 0.1) is 0 Å². The van der Waals surface area contributed by atoms with Gasteiger partial charge in [-0.1, -0.05) is 0 Å². The maximum Gasteiger partial charge on any atom is 0.251 e. The monoisotopic (exact) mass is 344 g/mol. The van der Waals surface area contributed by atoms with Crippen LogP contribution in [0.3, 0.4) is 0 Å². The Labute approximate surface area is 144 Å². The molecular formula is C18H20N2O5. The number of benzene rings is 1. The molecule has 2 heterocycles. The van der Waals surface area contributed by atoms with Crippen molar-refractivity contribution in [2.75, 3.05) is 0 Å². The lowest BCUT2D eigenvalue weighted by Crippen LogP contribution is -2.59. The van der Waals surface area contributed by atoms with E-state index in [0.29, 0.717) is 17.1 Å². The molecular weight excluding hydrogens is 324 g/mol. The number of carbonyl (C=O) groups excluding carboxylic acids is 1. The van der Waals surface area contributed by atoms with Crippen LogP contribution in [0.1, 0.15) is 42.8 Å². The van der Waals surface area contributed by atoms with E-state index in [4.69, 9.17) is 15.2 Å². The minimum Gasteiger partial charge on any atom is -0.484 e. The summed E-state index contributed by atoms with van der Waals surface area (Å²) in [6.07, 6.45) is 0.588. The fourth-order valence-corrected chi connectivity index (χ4v) is 2.81. The van der Waals surface area contributed by atoms with Gasteiger partial charge in [-0.3, -0.25) is 9.59 Å². The van der Waals surface area contributed by atoms with Gasteiger partial charge in [-0.15, -0.1) is 0 Å². The second kappa shape index (κ2) is 5.63. The number of nitrogens with one attached hydrogen (secondary N) is 1. The molecule has 2 unspecified atom stereocenters. The Bertz CT molecular complexity index is 885. The number of rotatable bonds is 3. The van der Waals surface area contributed by atoms with Gasteiger partial charge in [0.25, 0.3) is 5.56 Å². The predicted octanol–water partition coefficient (Wildman–Crippen LogP) is 1.52. The van der Waals surface area contributed by atoms with Crippen LogP contribution in [0.4, 0.5) is 0 Å². The van der Waals surface area contributed by atoms with Gasteiger partial charge in [-0.05, 0) is 45.0 Å². The van der Waals surface area contributed by atoms with Gasteiger partial charge < -0.3 is 25.3 Å². The van der Waals surface area contributed by atoms with Crippen LogP contribution in [0.2, 0.25) is 0 Å². The maximum atomic E-state index is 11.5. The molecule has 1 aliphatic rings. The van der Waals surface area contributed by atoms with Gasteiger partial charge in [-0.2, -0.15) is 0 Å². The normalized spacial score (nSPS) is 24.1. The van der Waals surface area contributed by atoms with Crippen molar-refractivity contribution in [1.29, 1.82) is 0 Å². The molecule has 0 saturated carbocycles. The van der Waals surface area contributed by atoms with Crippen LogP contribution in [-0.4, -0.2) is 27.2 Å². The summed E-state index contributed by atoms with van der Waals surface area (Å²) >= 11 is 0. The van der Waals surface area contributed by atoms with Gasteiger partial charge >= 0.3 is 0 Å². The highest BCUT2D eigenvalue weighted by Gasteiger charge is 2.54. The van der Waals surface area contributed by atoms with E-state index in [1.807, 2.05) is 0 Å². The van der Waals surface area contributed by atoms with Gasteiger partial charge in [0.15, 0.2) is 6.10 Å². The number of amides is 1. The lowest BCUT2D eigenvalue weighted by Gasteiger charge is -2.49. The number of aromatic nitrogens is 1. The molecule has 1 amide bonds. The van der Waals surface area contributed by atoms with Crippen LogP contribution in [0.25, 0.3) is 0 Å². The van der Waals surface area contributed by atoms with E-state index in [1.54, 1.807) is 45.0 Å². The number of H-pyrrole nitrogens is 1. The largest absolute Gasteiger partial charge is 0.484 e. The van der Waals surface area contributed by atoms with Crippen molar-refractivity contribution in [2.45, 2.75) is 38.1 Å². The summed E-state index contributed by atoms with van der Waals surface area (Å²) in [6.45, 7) is 5.07. The van der Waals surface area contributed by atoms with E-state index in [-0.39, 0.29) is 11.1 Å². The predicted molar refractivity (Wildman–Crippen MR) is 90.7 cm³/mol. The van der Waals surface area contributed by atoms with E-state index in [9.17, 15) is 14.7 Å². The lowest BCUT2D eigenvalue weighted by molar-refractivity contribution is -0.174. The first kappa shape index (κ1) is 17.0. The molecule has 0 saturated heterocycles. The van der Waals surface area contributed by atoms with Crippen LogP contribution in [0.5, 0.6) is 11.5 Å². The van der Waals surface area contributed by atoms with Crippen LogP contribution < -0.4 is 20.8 Å². The average Bonchev–Trinajstić information content (AvgIpc) is 2.51. The highest BCUT2D eigenvalue weighted by molar-refractivity contribution is 5.93. The summed E-state index contributed by atoms with van der Waals surface area (Å²) in [7, 11) is 0. The number of aliphatic hydroxyl groups is 1. The van der Waals surface area contributed by atoms with Crippen molar-refractivity contribution < 1.29 is 19.4 Å². The zero-order chi connectivity index (χ0) is 18.4. The summed E-state index contributed by atoms with van der Waals surface area (Å²) < 4.78 is 11.9. The Morgan fingerprint density at radius 2 is 2.00 bits per heavy atom. The molecule has 4 N–H and O–H groups in total. The molecule has 1 aromatic heterocycles. The van der Waals surface area contributed by atoms with E-state index in [1.165, 1.54) is 12.3 Å². The van der Waals surface area contributed by atoms with Crippen molar-refractivity contribution in [3.05, 3.63) is 58.0 Å². The van der Waals surface area contributed by atoms with Crippen molar-refractivity contribution in [1.82, 2.24) is 4.98 Å². The van der Waals surface area contributed by atoms with Gasteiger partial charge in [0.1, 0.15) is 22.7 Å². The van der Waals surface area contributed by atoms with E-state index >= 15 is 0 Å². The Morgan fingerprint density at radius 3 is 2.64 bits per heavy atom. The zero-order valence-electron chi connectivity index (χ0n) is 14.2. The molecule has 0 aliphatic carbocycles. The van der Waals surface area contributed by atoms with Crippen LogP contribution in [0.15, 0.2) is 41.3 Å². The molecule has 1 aromatic carbocycles. The number of primary amides is 1.